The van der Waals surface area contributed by atoms with E-state index in [0.29, 0.717) is 30.3 Å². The first kappa shape index (κ1) is 10.4. The lowest BCUT2D eigenvalue weighted by molar-refractivity contribution is 0.330. The Morgan fingerprint density at radius 3 is 2.50 bits per heavy atom. The molecule has 0 aliphatic rings. The van der Waals surface area contributed by atoms with Crippen LogP contribution in [0.4, 0.5) is 0 Å². The topological polar surface area (TPSA) is 42.2 Å². The minimum Gasteiger partial charge on any atom is -0.494 e. The van der Waals surface area contributed by atoms with E-state index in [1.54, 1.807) is 18.2 Å². The molecule has 0 aliphatic heterocycles. The summed E-state index contributed by atoms with van der Waals surface area (Å²) < 4.78 is 10.6. The van der Waals surface area contributed by atoms with Crippen LogP contribution in [0, 0.1) is 11.3 Å². The van der Waals surface area contributed by atoms with Crippen molar-refractivity contribution in [2.75, 3.05) is 13.2 Å². The number of ether oxygens (including phenoxy) is 2. The molecule has 0 saturated heterocycles. The fourth-order valence-electron chi connectivity index (χ4n) is 1.13. The van der Waals surface area contributed by atoms with Crippen molar-refractivity contribution in [3.8, 4) is 17.6 Å². The Balaban J connectivity index is 2.94. The van der Waals surface area contributed by atoms with Crippen LogP contribution in [0.25, 0.3) is 0 Å². The van der Waals surface area contributed by atoms with E-state index in [4.69, 9.17) is 14.7 Å². The van der Waals surface area contributed by atoms with Gasteiger partial charge in [-0.1, -0.05) is 0 Å². The van der Waals surface area contributed by atoms with Crippen molar-refractivity contribution in [1.29, 1.82) is 5.26 Å². The van der Waals surface area contributed by atoms with Crippen LogP contribution in [-0.2, 0) is 0 Å². The van der Waals surface area contributed by atoms with Crippen molar-refractivity contribution < 1.29 is 9.47 Å². The molecule has 1 aromatic carbocycles. The molecule has 0 spiro atoms. The quantitative estimate of drug-likeness (QED) is 0.733. The summed E-state index contributed by atoms with van der Waals surface area (Å²) in [6.07, 6.45) is 0. The van der Waals surface area contributed by atoms with E-state index in [9.17, 15) is 0 Å². The summed E-state index contributed by atoms with van der Waals surface area (Å²) in [7, 11) is 0. The highest BCUT2D eigenvalue weighted by molar-refractivity contribution is 5.47. The molecule has 0 amide bonds. The third-order valence-corrected chi connectivity index (χ3v) is 1.68. The van der Waals surface area contributed by atoms with E-state index in [1.807, 2.05) is 13.8 Å². The largest absolute Gasteiger partial charge is 0.494 e. The summed E-state index contributed by atoms with van der Waals surface area (Å²) in [5.41, 5.74) is 0.512. The van der Waals surface area contributed by atoms with Gasteiger partial charge in [-0.05, 0) is 26.0 Å². The number of nitriles is 1. The highest BCUT2D eigenvalue weighted by atomic mass is 16.5. The number of hydrogen-bond acceptors (Lipinski definition) is 3. The SMILES string of the molecule is CCOc1ccc(OCC)c(C#N)c1. The minimum atomic E-state index is 0.512. The zero-order valence-electron chi connectivity index (χ0n) is 8.41. The Hall–Kier alpha value is -1.69. The minimum absolute atomic E-state index is 0.512. The molecule has 0 aromatic heterocycles. The van der Waals surface area contributed by atoms with E-state index in [-0.39, 0.29) is 0 Å². The van der Waals surface area contributed by atoms with Crippen molar-refractivity contribution in [2.24, 2.45) is 0 Å². The lowest BCUT2D eigenvalue weighted by Gasteiger charge is -2.07. The zero-order chi connectivity index (χ0) is 10.4. The average molecular weight is 191 g/mol. The molecule has 0 aliphatic carbocycles. The second-order valence-electron chi connectivity index (χ2n) is 2.64. The van der Waals surface area contributed by atoms with Crippen molar-refractivity contribution >= 4 is 0 Å². The smallest absolute Gasteiger partial charge is 0.137 e. The van der Waals surface area contributed by atoms with E-state index in [1.165, 1.54) is 0 Å². The van der Waals surface area contributed by atoms with E-state index < -0.39 is 0 Å². The summed E-state index contributed by atoms with van der Waals surface area (Å²) in [5.74, 6) is 1.31. The van der Waals surface area contributed by atoms with E-state index in [0.717, 1.165) is 0 Å². The Bertz CT molecular complexity index is 342. The molecule has 1 aromatic rings. The van der Waals surface area contributed by atoms with Crippen LogP contribution in [0.15, 0.2) is 18.2 Å². The first-order chi connectivity index (χ1) is 6.81. The number of rotatable bonds is 4. The predicted molar refractivity (Wildman–Crippen MR) is 53.5 cm³/mol. The van der Waals surface area contributed by atoms with E-state index >= 15 is 0 Å². The molecule has 0 fully saturated rings. The molecule has 74 valence electrons. The first-order valence-electron chi connectivity index (χ1n) is 4.61. The Labute approximate surface area is 83.9 Å². The highest BCUT2D eigenvalue weighted by Crippen LogP contribution is 2.23. The maximum Gasteiger partial charge on any atom is 0.137 e. The van der Waals surface area contributed by atoms with Crippen molar-refractivity contribution in [2.45, 2.75) is 13.8 Å². The fourth-order valence-corrected chi connectivity index (χ4v) is 1.13. The summed E-state index contributed by atoms with van der Waals surface area (Å²) >= 11 is 0. The van der Waals surface area contributed by atoms with Crippen molar-refractivity contribution in [3.63, 3.8) is 0 Å². The molecule has 1 rings (SSSR count). The Morgan fingerprint density at radius 1 is 1.21 bits per heavy atom. The lowest BCUT2D eigenvalue weighted by atomic mass is 10.2. The summed E-state index contributed by atoms with van der Waals surface area (Å²) in [4.78, 5) is 0. The molecule has 14 heavy (non-hydrogen) atoms. The normalized spacial score (nSPS) is 9.21. The van der Waals surface area contributed by atoms with Gasteiger partial charge in [0.1, 0.15) is 17.6 Å². The number of nitrogens with zero attached hydrogens (tertiary/aromatic N) is 1. The number of benzene rings is 1. The van der Waals surface area contributed by atoms with Gasteiger partial charge in [-0.25, -0.2) is 0 Å². The highest BCUT2D eigenvalue weighted by Gasteiger charge is 2.04. The Kier molecular flexibility index (Phi) is 3.81. The van der Waals surface area contributed by atoms with Crippen molar-refractivity contribution in [1.82, 2.24) is 0 Å². The summed E-state index contributed by atoms with van der Waals surface area (Å²) in [6.45, 7) is 4.95. The van der Waals surface area contributed by atoms with Crippen LogP contribution in [0.3, 0.4) is 0 Å². The van der Waals surface area contributed by atoms with Gasteiger partial charge in [0.25, 0.3) is 0 Å². The van der Waals surface area contributed by atoms with Gasteiger partial charge < -0.3 is 9.47 Å². The maximum absolute atomic E-state index is 8.85. The first-order valence-corrected chi connectivity index (χ1v) is 4.61. The predicted octanol–water partition coefficient (Wildman–Crippen LogP) is 2.36. The van der Waals surface area contributed by atoms with E-state index in [2.05, 4.69) is 6.07 Å². The van der Waals surface area contributed by atoms with Gasteiger partial charge in [-0.3, -0.25) is 0 Å². The van der Waals surface area contributed by atoms with Crippen LogP contribution in [0.2, 0.25) is 0 Å². The van der Waals surface area contributed by atoms with Crippen LogP contribution in [-0.4, -0.2) is 13.2 Å². The molecule has 0 unspecified atom stereocenters. The second kappa shape index (κ2) is 5.13. The van der Waals surface area contributed by atoms with Crippen molar-refractivity contribution in [3.05, 3.63) is 23.8 Å². The van der Waals surface area contributed by atoms with Crippen LogP contribution in [0.5, 0.6) is 11.5 Å². The third-order valence-electron chi connectivity index (χ3n) is 1.68. The molecular formula is C11H13NO2. The maximum atomic E-state index is 8.85. The second-order valence-corrected chi connectivity index (χ2v) is 2.64. The molecule has 0 heterocycles. The van der Waals surface area contributed by atoms with Gasteiger partial charge in [-0.15, -0.1) is 0 Å². The molecule has 3 heteroatoms. The summed E-state index contributed by atoms with van der Waals surface area (Å²) in [6, 6.07) is 7.32. The fraction of sp³-hybridized carbons (Fsp3) is 0.364. The van der Waals surface area contributed by atoms with Crippen LogP contribution >= 0.6 is 0 Å². The molecule has 0 N–H and O–H groups in total. The molecular weight excluding hydrogens is 178 g/mol. The average Bonchev–Trinajstić information content (AvgIpc) is 2.21. The molecule has 0 atom stereocenters. The Morgan fingerprint density at radius 2 is 1.93 bits per heavy atom. The zero-order valence-corrected chi connectivity index (χ0v) is 8.41. The third kappa shape index (κ3) is 2.40. The lowest BCUT2D eigenvalue weighted by Crippen LogP contribution is -1.96. The van der Waals surface area contributed by atoms with Gasteiger partial charge in [0.15, 0.2) is 0 Å². The monoisotopic (exact) mass is 191 g/mol. The van der Waals surface area contributed by atoms with Gasteiger partial charge >= 0.3 is 0 Å². The molecule has 3 nitrogen and oxygen atoms in total. The van der Waals surface area contributed by atoms with Crippen LogP contribution in [0.1, 0.15) is 19.4 Å². The van der Waals surface area contributed by atoms with Gasteiger partial charge in [0, 0.05) is 6.07 Å². The molecule has 0 bridgehead atoms. The van der Waals surface area contributed by atoms with Gasteiger partial charge in [0.2, 0.25) is 0 Å². The van der Waals surface area contributed by atoms with Gasteiger partial charge in [0.05, 0.1) is 18.8 Å². The molecule has 0 radical (unpaired) electrons. The molecule has 0 saturated carbocycles. The van der Waals surface area contributed by atoms with Crippen LogP contribution < -0.4 is 9.47 Å². The number of hydrogen-bond donors (Lipinski definition) is 0. The van der Waals surface area contributed by atoms with Gasteiger partial charge in [-0.2, -0.15) is 5.26 Å². The summed E-state index contributed by atoms with van der Waals surface area (Å²) in [5, 5.41) is 8.85. The standard InChI is InChI=1S/C11H13NO2/c1-3-13-10-5-6-11(14-4-2)9(7-10)8-12/h5-7H,3-4H2,1-2H3.